The van der Waals surface area contributed by atoms with Crippen LogP contribution in [0.4, 0.5) is 28.9 Å². The van der Waals surface area contributed by atoms with Gasteiger partial charge >= 0.3 is 6.18 Å². The number of carbonyl (C=O) groups excluding carboxylic acids is 2. The van der Waals surface area contributed by atoms with Gasteiger partial charge < -0.3 is 25.2 Å². The number of anilines is 2. The van der Waals surface area contributed by atoms with Crippen molar-refractivity contribution in [2.45, 2.75) is 12.6 Å². The summed E-state index contributed by atoms with van der Waals surface area (Å²) < 4.78 is 61.1. The largest absolute Gasteiger partial charge is 0.417 e. The van der Waals surface area contributed by atoms with Gasteiger partial charge in [-0.2, -0.15) is 17.6 Å². The number of rotatable bonds is 9. The van der Waals surface area contributed by atoms with E-state index >= 15 is 0 Å². The van der Waals surface area contributed by atoms with E-state index in [1.165, 1.54) is 16.9 Å². The fourth-order valence-electron chi connectivity index (χ4n) is 5.04. The van der Waals surface area contributed by atoms with Gasteiger partial charge in [-0.05, 0) is 38.2 Å². The van der Waals surface area contributed by atoms with Crippen LogP contribution in [-0.4, -0.2) is 114 Å². The summed E-state index contributed by atoms with van der Waals surface area (Å²) in [4.78, 5) is 35.5. The molecule has 0 unspecified atom stereocenters. The first-order valence-corrected chi connectivity index (χ1v) is 14.2. The van der Waals surface area contributed by atoms with Crippen molar-refractivity contribution in [3.8, 4) is 5.69 Å². The Morgan fingerprint density at radius 3 is 2.50 bits per heavy atom. The van der Waals surface area contributed by atoms with Crippen molar-refractivity contribution in [2.75, 3.05) is 82.8 Å². The molecule has 2 saturated heterocycles. The molecule has 12 nitrogen and oxygen atoms in total. The molecular weight excluding hydrogens is 586 g/mol. The van der Waals surface area contributed by atoms with E-state index in [0.29, 0.717) is 50.4 Å². The summed E-state index contributed by atoms with van der Waals surface area (Å²) in [5.74, 6) is -2.85. The van der Waals surface area contributed by atoms with Crippen LogP contribution in [0.5, 0.6) is 0 Å². The molecule has 3 aromatic rings. The van der Waals surface area contributed by atoms with E-state index in [9.17, 15) is 27.2 Å². The average molecular weight is 620 g/mol. The third-order valence-corrected chi connectivity index (χ3v) is 7.52. The molecule has 236 valence electrons. The molecule has 4 heterocycles. The van der Waals surface area contributed by atoms with Gasteiger partial charge in [0.05, 0.1) is 47.6 Å². The normalized spacial score (nSPS) is 16.6. The van der Waals surface area contributed by atoms with Crippen LogP contribution in [0.2, 0.25) is 0 Å². The molecule has 0 radical (unpaired) electrons. The monoisotopic (exact) mass is 619 g/mol. The van der Waals surface area contributed by atoms with Gasteiger partial charge in [0, 0.05) is 58.1 Å². The van der Waals surface area contributed by atoms with Crippen LogP contribution < -0.4 is 15.5 Å². The van der Waals surface area contributed by atoms with Crippen molar-refractivity contribution < 1.29 is 31.9 Å². The number of aromatic nitrogens is 4. The highest BCUT2D eigenvalue weighted by Gasteiger charge is 2.36. The summed E-state index contributed by atoms with van der Waals surface area (Å²) in [6.07, 6.45) is -2.22. The minimum atomic E-state index is -4.97. The van der Waals surface area contributed by atoms with Crippen LogP contribution in [0, 0.1) is 5.95 Å². The van der Waals surface area contributed by atoms with Crippen molar-refractivity contribution in [2.24, 2.45) is 0 Å². The Hall–Kier alpha value is -4.15. The molecule has 5 rings (SSSR count). The van der Waals surface area contributed by atoms with Crippen LogP contribution in [0.15, 0.2) is 36.7 Å². The third-order valence-electron chi connectivity index (χ3n) is 7.52. The molecule has 44 heavy (non-hydrogen) atoms. The molecule has 2 fully saturated rings. The van der Waals surface area contributed by atoms with Crippen LogP contribution >= 0.6 is 0 Å². The number of piperazine rings is 1. The van der Waals surface area contributed by atoms with Crippen LogP contribution in [0.3, 0.4) is 0 Å². The molecular formula is C28H33F4N9O3. The van der Waals surface area contributed by atoms with E-state index in [4.69, 9.17) is 4.74 Å². The molecule has 2 amide bonds. The number of nitrogens with zero attached hydrogens (tertiary/aromatic N) is 7. The van der Waals surface area contributed by atoms with Gasteiger partial charge in [0.15, 0.2) is 5.69 Å². The maximum absolute atomic E-state index is 13.6. The highest BCUT2D eigenvalue weighted by Crippen LogP contribution is 2.34. The molecule has 0 spiro atoms. The van der Waals surface area contributed by atoms with Gasteiger partial charge in [-0.1, -0.05) is 5.21 Å². The second kappa shape index (κ2) is 13.7. The number of benzene rings is 1. The summed E-state index contributed by atoms with van der Waals surface area (Å²) in [5.41, 5.74) is -0.974. The fraction of sp³-hybridized carbons (Fsp3) is 0.464. The first-order chi connectivity index (χ1) is 21.1. The Balaban J connectivity index is 1.34. The predicted molar refractivity (Wildman–Crippen MR) is 152 cm³/mol. The number of hydrogen-bond acceptors (Lipinski definition) is 9. The number of morpholine rings is 1. The summed E-state index contributed by atoms with van der Waals surface area (Å²) in [5, 5.41) is 13.4. The van der Waals surface area contributed by atoms with E-state index in [-0.39, 0.29) is 17.4 Å². The van der Waals surface area contributed by atoms with Gasteiger partial charge in [0.1, 0.15) is 0 Å². The SMILES string of the molecule is CN1CCN(c2ccc(-n3cc(C(=O)NCCCN4CCOCC4)nn3)cc2NC(=O)c2cnc(F)cc2C(F)(F)F)CC1. The number of carbonyl (C=O) groups is 2. The minimum absolute atomic E-state index is 0.0808. The zero-order valence-corrected chi connectivity index (χ0v) is 24.1. The first kappa shape index (κ1) is 31.3. The lowest BCUT2D eigenvalue weighted by Crippen LogP contribution is -2.44. The van der Waals surface area contributed by atoms with E-state index in [0.717, 1.165) is 39.1 Å². The number of halogens is 4. The molecule has 1 aromatic carbocycles. The Kier molecular flexibility index (Phi) is 9.71. The molecule has 0 atom stereocenters. The highest BCUT2D eigenvalue weighted by molar-refractivity contribution is 6.07. The maximum atomic E-state index is 13.6. The summed E-state index contributed by atoms with van der Waals surface area (Å²) in [6.45, 7) is 7.13. The molecule has 2 aliphatic heterocycles. The van der Waals surface area contributed by atoms with Crippen LogP contribution in [0.25, 0.3) is 5.69 Å². The summed E-state index contributed by atoms with van der Waals surface area (Å²) >= 11 is 0. The second-order valence-corrected chi connectivity index (χ2v) is 10.6. The summed E-state index contributed by atoms with van der Waals surface area (Å²) in [7, 11) is 1.98. The van der Waals surface area contributed by atoms with Gasteiger partial charge in [-0.3, -0.25) is 14.5 Å². The lowest BCUT2D eigenvalue weighted by Gasteiger charge is -2.35. The lowest BCUT2D eigenvalue weighted by atomic mass is 10.1. The van der Waals surface area contributed by atoms with E-state index in [1.54, 1.807) is 12.1 Å². The minimum Gasteiger partial charge on any atom is -0.379 e. The Morgan fingerprint density at radius 1 is 1.02 bits per heavy atom. The predicted octanol–water partition coefficient (Wildman–Crippen LogP) is 2.28. The molecule has 0 saturated carbocycles. The summed E-state index contributed by atoms with van der Waals surface area (Å²) in [6, 6.07) is 5.16. The lowest BCUT2D eigenvalue weighted by molar-refractivity contribution is -0.138. The smallest absolute Gasteiger partial charge is 0.379 e. The van der Waals surface area contributed by atoms with Crippen molar-refractivity contribution in [3.05, 3.63) is 59.4 Å². The molecule has 0 aliphatic carbocycles. The number of likely N-dealkylation sites (N-methyl/N-ethyl adjacent to an activating group) is 1. The first-order valence-electron chi connectivity index (χ1n) is 14.2. The van der Waals surface area contributed by atoms with Crippen molar-refractivity contribution in [1.29, 1.82) is 0 Å². The number of ether oxygens (including phenoxy) is 1. The highest BCUT2D eigenvalue weighted by atomic mass is 19.4. The molecule has 16 heteroatoms. The standard InChI is InChI=1S/C28H33F4N9O3/c1-38-7-9-40(10-8-38)24-4-3-19(15-22(24)35-26(42)20-17-34-25(29)16-21(20)28(30,31)32)41-18-23(36-37-41)27(43)33-5-2-6-39-11-13-44-14-12-39/h3-4,15-18H,2,5-14H2,1H3,(H,33,43)(H,35,42). The molecule has 0 bridgehead atoms. The number of hydrogen-bond donors (Lipinski definition) is 2. The molecule has 2 aliphatic rings. The van der Waals surface area contributed by atoms with Crippen LogP contribution in [0.1, 0.15) is 32.8 Å². The molecule has 2 N–H and O–H groups in total. The Morgan fingerprint density at radius 2 is 1.77 bits per heavy atom. The zero-order chi connectivity index (χ0) is 31.3. The van der Waals surface area contributed by atoms with Gasteiger partial charge in [0.25, 0.3) is 11.8 Å². The Labute approximate surface area is 251 Å². The van der Waals surface area contributed by atoms with Crippen molar-refractivity contribution in [3.63, 3.8) is 0 Å². The maximum Gasteiger partial charge on any atom is 0.417 e. The number of nitrogens with one attached hydrogen (secondary N) is 2. The molecule has 2 aromatic heterocycles. The third kappa shape index (κ3) is 7.67. The van der Waals surface area contributed by atoms with E-state index < -0.39 is 35.1 Å². The van der Waals surface area contributed by atoms with Crippen LogP contribution in [-0.2, 0) is 10.9 Å². The number of pyridine rings is 1. The van der Waals surface area contributed by atoms with Gasteiger partial charge in [0.2, 0.25) is 5.95 Å². The number of alkyl halides is 3. The fourth-order valence-corrected chi connectivity index (χ4v) is 5.04. The van der Waals surface area contributed by atoms with Crippen molar-refractivity contribution >= 4 is 23.2 Å². The second-order valence-electron chi connectivity index (χ2n) is 10.6. The van der Waals surface area contributed by atoms with E-state index in [2.05, 4.69) is 35.7 Å². The van der Waals surface area contributed by atoms with Crippen molar-refractivity contribution in [1.82, 2.24) is 35.1 Å². The van der Waals surface area contributed by atoms with Gasteiger partial charge in [-0.15, -0.1) is 5.10 Å². The Bertz CT molecular complexity index is 1470. The topological polar surface area (TPSA) is 121 Å². The van der Waals surface area contributed by atoms with E-state index in [1.807, 2.05) is 11.9 Å². The number of amides is 2. The average Bonchev–Trinajstić information content (AvgIpc) is 3.50. The zero-order valence-electron chi connectivity index (χ0n) is 24.1. The van der Waals surface area contributed by atoms with Gasteiger partial charge in [-0.25, -0.2) is 9.67 Å². The quantitative estimate of drug-likeness (QED) is 0.211.